The van der Waals surface area contributed by atoms with Crippen LogP contribution < -0.4 is 15.8 Å². The zero-order valence-electron chi connectivity index (χ0n) is 11.0. The van der Waals surface area contributed by atoms with Crippen LogP contribution in [0.4, 0.5) is 5.69 Å². The van der Waals surface area contributed by atoms with Gasteiger partial charge in [0.2, 0.25) is 0 Å². The van der Waals surface area contributed by atoms with Crippen LogP contribution in [-0.2, 0) is 4.74 Å². The maximum atomic E-state index is 11.8. The molecule has 1 rings (SSSR count). The molecule has 0 aromatic heterocycles. The Morgan fingerprint density at radius 3 is 2.72 bits per heavy atom. The average Bonchev–Trinajstić information content (AvgIpc) is 2.34. The Morgan fingerprint density at radius 2 is 2.17 bits per heavy atom. The maximum Gasteiger partial charge on any atom is 0.251 e. The van der Waals surface area contributed by atoms with Crippen LogP contribution >= 0.6 is 0 Å². The first kappa shape index (κ1) is 14.3. The van der Waals surface area contributed by atoms with Crippen LogP contribution in [0.5, 0.6) is 5.75 Å². The third-order valence-corrected chi connectivity index (χ3v) is 2.33. The van der Waals surface area contributed by atoms with Gasteiger partial charge in [0.15, 0.2) is 0 Å². The maximum absolute atomic E-state index is 11.8. The zero-order chi connectivity index (χ0) is 13.5. The van der Waals surface area contributed by atoms with Gasteiger partial charge < -0.3 is 20.5 Å². The number of nitrogen functional groups attached to an aromatic ring is 1. The van der Waals surface area contributed by atoms with Crippen LogP contribution in [0.15, 0.2) is 18.2 Å². The second-order valence-electron chi connectivity index (χ2n) is 4.13. The number of nitrogens with one attached hydrogen (secondary N) is 1. The van der Waals surface area contributed by atoms with Crippen molar-refractivity contribution < 1.29 is 14.3 Å². The molecule has 0 unspecified atom stereocenters. The number of rotatable bonds is 6. The van der Waals surface area contributed by atoms with E-state index >= 15 is 0 Å². The monoisotopic (exact) mass is 252 g/mol. The van der Waals surface area contributed by atoms with Gasteiger partial charge in [-0.25, -0.2) is 0 Å². The van der Waals surface area contributed by atoms with Crippen molar-refractivity contribution in [1.82, 2.24) is 5.32 Å². The molecule has 0 fully saturated rings. The normalized spacial score (nSPS) is 10.4. The Balaban J connectivity index is 2.49. The van der Waals surface area contributed by atoms with E-state index in [-0.39, 0.29) is 12.0 Å². The number of anilines is 1. The van der Waals surface area contributed by atoms with Gasteiger partial charge in [0.1, 0.15) is 5.75 Å². The lowest BCUT2D eigenvalue weighted by molar-refractivity contribution is 0.0746. The van der Waals surface area contributed by atoms with Crippen LogP contribution in [0.1, 0.15) is 24.2 Å². The molecule has 0 heterocycles. The molecule has 1 amide bonds. The van der Waals surface area contributed by atoms with Gasteiger partial charge >= 0.3 is 0 Å². The number of carbonyl (C=O) groups is 1. The van der Waals surface area contributed by atoms with Crippen LogP contribution in [0.25, 0.3) is 0 Å². The van der Waals surface area contributed by atoms with E-state index in [1.54, 1.807) is 18.2 Å². The zero-order valence-corrected chi connectivity index (χ0v) is 11.0. The molecule has 5 nitrogen and oxygen atoms in total. The van der Waals surface area contributed by atoms with Gasteiger partial charge in [0.05, 0.1) is 25.5 Å². The van der Waals surface area contributed by atoms with E-state index in [4.69, 9.17) is 15.2 Å². The van der Waals surface area contributed by atoms with E-state index in [0.29, 0.717) is 30.2 Å². The summed E-state index contributed by atoms with van der Waals surface area (Å²) in [6.45, 7) is 4.87. The van der Waals surface area contributed by atoms with Crippen molar-refractivity contribution in [3.05, 3.63) is 23.8 Å². The number of amides is 1. The first-order chi connectivity index (χ1) is 8.54. The van der Waals surface area contributed by atoms with Gasteiger partial charge in [-0.2, -0.15) is 0 Å². The topological polar surface area (TPSA) is 73.6 Å². The number of benzene rings is 1. The molecule has 3 N–H and O–H groups in total. The summed E-state index contributed by atoms with van der Waals surface area (Å²) < 4.78 is 10.4. The van der Waals surface area contributed by atoms with Crippen LogP contribution in [-0.4, -0.2) is 32.3 Å². The minimum absolute atomic E-state index is 0.165. The second-order valence-corrected chi connectivity index (χ2v) is 4.13. The number of hydrogen-bond acceptors (Lipinski definition) is 4. The Morgan fingerprint density at radius 1 is 1.44 bits per heavy atom. The van der Waals surface area contributed by atoms with E-state index in [2.05, 4.69) is 5.32 Å². The van der Waals surface area contributed by atoms with Crippen LogP contribution in [0.3, 0.4) is 0 Å². The molecule has 18 heavy (non-hydrogen) atoms. The van der Waals surface area contributed by atoms with Gasteiger partial charge in [-0.05, 0) is 32.0 Å². The highest BCUT2D eigenvalue weighted by molar-refractivity contribution is 5.95. The molecule has 0 bridgehead atoms. The van der Waals surface area contributed by atoms with Crippen molar-refractivity contribution in [3.8, 4) is 5.75 Å². The van der Waals surface area contributed by atoms with Gasteiger partial charge in [-0.1, -0.05) is 0 Å². The first-order valence-corrected chi connectivity index (χ1v) is 5.88. The Labute approximate surface area is 107 Å². The van der Waals surface area contributed by atoms with Gasteiger partial charge in [0.25, 0.3) is 5.91 Å². The summed E-state index contributed by atoms with van der Waals surface area (Å²) in [7, 11) is 1.54. The summed E-state index contributed by atoms with van der Waals surface area (Å²) >= 11 is 0. The summed E-state index contributed by atoms with van der Waals surface area (Å²) in [6.07, 6.45) is 0.165. The van der Waals surface area contributed by atoms with E-state index < -0.39 is 0 Å². The fourth-order valence-corrected chi connectivity index (χ4v) is 1.44. The highest BCUT2D eigenvalue weighted by atomic mass is 16.5. The summed E-state index contributed by atoms with van der Waals surface area (Å²) in [4.78, 5) is 11.8. The van der Waals surface area contributed by atoms with Gasteiger partial charge in [0, 0.05) is 12.1 Å². The van der Waals surface area contributed by atoms with E-state index in [0.717, 1.165) is 0 Å². The second kappa shape index (κ2) is 6.86. The van der Waals surface area contributed by atoms with Crippen LogP contribution in [0.2, 0.25) is 0 Å². The van der Waals surface area contributed by atoms with E-state index in [1.807, 2.05) is 13.8 Å². The molecule has 0 aliphatic rings. The van der Waals surface area contributed by atoms with Crippen molar-refractivity contribution >= 4 is 11.6 Å². The molecule has 0 radical (unpaired) electrons. The molecule has 5 heteroatoms. The molecular weight excluding hydrogens is 232 g/mol. The lowest BCUT2D eigenvalue weighted by atomic mass is 10.2. The first-order valence-electron chi connectivity index (χ1n) is 5.88. The quantitative estimate of drug-likeness (QED) is 0.593. The third kappa shape index (κ3) is 4.25. The van der Waals surface area contributed by atoms with Crippen molar-refractivity contribution in [2.75, 3.05) is 26.0 Å². The van der Waals surface area contributed by atoms with E-state index in [1.165, 1.54) is 7.11 Å². The molecule has 100 valence electrons. The standard InChI is InChI=1S/C13H20N2O3/c1-9(2)18-7-6-15-13(16)10-4-5-12(17-3)11(14)8-10/h4-5,8-9H,6-7,14H2,1-3H3,(H,15,16). The Hall–Kier alpha value is -1.75. The number of carbonyl (C=O) groups excluding carboxylic acids is 1. The number of hydrogen-bond donors (Lipinski definition) is 2. The molecule has 0 aliphatic heterocycles. The molecule has 0 saturated heterocycles. The largest absolute Gasteiger partial charge is 0.495 e. The van der Waals surface area contributed by atoms with Gasteiger partial charge in [-0.3, -0.25) is 4.79 Å². The highest BCUT2D eigenvalue weighted by Gasteiger charge is 2.07. The fraction of sp³-hybridized carbons (Fsp3) is 0.462. The SMILES string of the molecule is COc1ccc(C(=O)NCCOC(C)C)cc1N. The Bertz CT molecular complexity index is 405. The molecule has 0 saturated carbocycles. The molecule has 0 spiro atoms. The minimum atomic E-state index is -0.170. The predicted molar refractivity (Wildman–Crippen MR) is 70.8 cm³/mol. The van der Waals surface area contributed by atoms with Crippen LogP contribution in [0, 0.1) is 0 Å². The predicted octanol–water partition coefficient (Wildman–Crippen LogP) is 1.43. The fourth-order valence-electron chi connectivity index (χ4n) is 1.44. The third-order valence-electron chi connectivity index (χ3n) is 2.33. The summed E-state index contributed by atoms with van der Waals surface area (Å²) in [5.74, 6) is 0.395. The summed E-state index contributed by atoms with van der Waals surface area (Å²) in [5.41, 5.74) is 6.69. The summed E-state index contributed by atoms with van der Waals surface area (Å²) in [6, 6.07) is 4.94. The van der Waals surface area contributed by atoms with Crippen molar-refractivity contribution in [3.63, 3.8) is 0 Å². The minimum Gasteiger partial charge on any atom is -0.495 e. The van der Waals surface area contributed by atoms with Crippen molar-refractivity contribution in [2.24, 2.45) is 0 Å². The van der Waals surface area contributed by atoms with Crippen molar-refractivity contribution in [2.45, 2.75) is 20.0 Å². The lowest BCUT2D eigenvalue weighted by Crippen LogP contribution is -2.28. The average molecular weight is 252 g/mol. The molecule has 0 aliphatic carbocycles. The smallest absolute Gasteiger partial charge is 0.251 e. The molecule has 1 aromatic rings. The summed E-state index contributed by atoms with van der Waals surface area (Å²) in [5, 5.41) is 2.76. The number of methoxy groups -OCH3 is 1. The number of nitrogens with two attached hydrogens (primary N) is 1. The molecular formula is C13H20N2O3. The number of ether oxygens (including phenoxy) is 2. The Kier molecular flexibility index (Phi) is 5.45. The van der Waals surface area contributed by atoms with Crippen molar-refractivity contribution in [1.29, 1.82) is 0 Å². The highest BCUT2D eigenvalue weighted by Crippen LogP contribution is 2.21. The molecule has 1 aromatic carbocycles. The van der Waals surface area contributed by atoms with Gasteiger partial charge in [-0.15, -0.1) is 0 Å². The van der Waals surface area contributed by atoms with E-state index in [9.17, 15) is 4.79 Å². The molecule has 0 atom stereocenters. The lowest BCUT2D eigenvalue weighted by Gasteiger charge is -2.10.